The minimum Gasteiger partial charge on any atom is -0.441 e. The molecule has 2 fully saturated rings. The van der Waals surface area contributed by atoms with E-state index in [2.05, 4.69) is 30.7 Å². The summed E-state index contributed by atoms with van der Waals surface area (Å²) in [6.45, 7) is 6.31. The van der Waals surface area contributed by atoms with Crippen molar-refractivity contribution in [1.29, 1.82) is 0 Å². The van der Waals surface area contributed by atoms with Crippen molar-refractivity contribution in [2.24, 2.45) is 0 Å². The minimum atomic E-state index is -1.53. The number of rotatable bonds is 6. The Labute approximate surface area is 194 Å². The number of halogens is 1. The molecule has 3 N–H and O–H groups in total. The first-order valence-corrected chi connectivity index (χ1v) is 11.2. The van der Waals surface area contributed by atoms with Crippen LogP contribution in [-0.2, 0) is 14.2 Å². The SMILES string of the molecule is CC(C)NC(=O)O[C@H]1CO[C@@H](c2cc(Nc3nc(N4CCOCC4)cc4nccn34)n[nH]2)[C@@H]1F. The molecule has 0 saturated carbocycles. The van der Waals surface area contributed by atoms with Gasteiger partial charge in [-0.3, -0.25) is 9.50 Å². The molecule has 0 bridgehead atoms. The second kappa shape index (κ2) is 9.43. The Hall–Kier alpha value is -3.45. The number of H-pyrrole nitrogens is 1. The minimum absolute atomic E-state index is 0.0437. The van der Waals surface area contributed by atoms with Crippen LogP contribution < -0.4 is 15.5 Å². The van der Waals surface area contributed by atoms with Gasteiger partial charge < -0.3 is 29.7 Å². The molecule has 5 rings (SSSR count). The van der Waals surface area contributed by atoms with Gasteiger partial charge in [-0.2, -0.15) is 10.1 Å². The monoisotopic (exact) mass is 474 g/mol. The fourth-order valence-corrected chi connectivity index (χ4v) is 3.96. The van der Waals surface area contributed by atoms with Gasteiger partial charge in [0.25, 0.3) is 0 Å². The van der Waals surface area contributed by atoms with Crippen LogP contribution in [0.5, 0.6) is 0 Å². The second-order valence-corrected chi connectivity index (χ2v) is 8.47. The maximum atomic E-state index is 15.0. The van der Waals surface area contributed by atoms with E-state index in [1.807, 2.05) is 6.07 Å². The van der Waals surface area contributed by atoms with E-state index in [4.69, 9.17) is 19.2 Å². The normalized spacial score (nSPS) is 22.9. The molecule has 34 heavy (non-hydrogen) atoms. The number of hydrogen-bond donors (Lipinski definition) is 3. The molecule has 13 heteroatoms. The lowest BCUT2D eigenvalue weighted by atomic mass is 10.1. The lowest BCUT2D eigenvalue weighted by Crippen LogP contribution is -2.36. The molecule has 182 valence electrons. The number of fused-ring (bicyclic) bond motifs is 1. The number of ether oxygens (including phenoxy) is 3. The number of nitrogens with one attached hydrogen (secondary N) is 3. The van der Waals surface area contributed by atoms with Gasteiger partial charge in [0, 0.05) is 43.7 Å². The Morgan fingerprint density at radius 3 is 2.94 bits per heavy atom. The summed E-state index contributed by atoms with van der Waals surface area (Å²) in [5, 5.41) is 12.8. The number of alkyl carbamates (subject to hydrolysis) is 1. The molecule has 0 spiro atoms. The number of amides is 1. The van der Waals surface area contributed by atoms with E-state index in [0.29, 0.717) is 30.7 Å². The van der Waals surface area contributed by atoms with E-state index in [-0.39, 0.29) is 12.6 Å². The van der Waals surface area contributed by atoms with Crippen LogP contribution in [0.3, 0.4) is 0 Å². The first-order chi connectivity index (χ1) is 16.5. The van der Waals surface area contributed by atoms with Crippen molar-refractivity contribution >= 4 is 29.3 Å². The third-order valence-electron chi connectivity index (χ3n) is 5.60. The zero-order chi connectivity index (χ0) is 23.7. The maximum absolute atomic E-state index is 15.0. The van der Waals surface area contributed by atoms with Gasteiger partial charge in [-0.05, 0) is 13.8 Å². The van der Waals surface area contributed by atoms with Gasteiger partial charge >= 0.3 is 6.09 Å². The first kappa shape index (κ1) is 22.3. The van der Waals surface area contributed by atoms with Crippen LogP contribution in [0.15, 0.2) is 24.5 Å². The summed E-state index contributed by atoms with van der Waals surface area (Å²) < 4.78 is 32.9. The number of alkyl halides is 1. The van der Waals surface area contributed by atoms with Crippen molar-refractivity contribution in [3.05, 3.63) is 30.2 Å². The number of hydrogen-bond acceptors (Lipinski definition) is 9. The molecule has 2 aliphatic heterocycles. The van der Waals surface area contributed by atoms with Crippen LogP contribution in [0.1, 0.15) is 25.6 Å². The second-order valence-electron chi connectivity index (χ2n) is 8.47. The van der Waals surface area contributed by atoms with Crippen molar-refractivity contribution in [2.75, 3.05) is 43.1 Å². The summed E-state index contributed by atoms with van der Waals surface area (Å²) >= 11 is 0. The van der Waals surface area contributed by atoms with Crippen LogP contribution in [-0.4, -0.2) is 81.9 Å². The van der Waals surface area contributed by atoms with Crippen LogP contribution in [0, 0.1) is 0 Å². The lowest BCUT2D eigenvalue weighted by Gasteiger charge is -2.28. The van der Waals surface area contributed by atoms with Gasteiger partial charge in [0.05, 0.1) is 25.5 Å². The highest BCUT2D eigenvalue weighted by Gasteiger charge is 2.42. The van der Waals surface area contributed by atoms with Gasteiger partial charge in [-0.1, -0.05) is 0 Å². The smallest absolute Gasteiger partial charge is 0.407 e. The Morgan fingerprint density at radius 1 is 1.32 bits per heavy atom. The molecule has 0 aliphatic carbocycles. The Bertz CT molecular complexity index is 1140. The Morgan fingerprint density at radius 2 is 2.15 bits per heavy atom. The largest absolute Gasteiger partial charge is 0.441 e. The van der Waals surface area contributed by atoms with Crippen LogP contribution >= 0.6 is 0 Å². The van der Waals surface area contributed by atoms with Gasteiger partial charge in [-0.15, -0.1) is 0 Å². The summed E-state index contributed by atoms with van der Waals surface area (Å²) in [6, 6.07) is 3.46. The molecule has 3 aromatic heterocycles. The van der Waals surface area contributed by atoms with E-state index in [1.165, 1.54) is 0 Å². The zero-order valence-electron chi connectivity index (χ0n) is 18.9. The average Bonchev–Trinajstić information content (AvgIpc) is 3.55. The van der Waals surface area contributed by atoms with E-state index in [0.717, 1.165) is 24.6 Å². The molecule has 2 saturated heterocycles. The van der Waals surface area contributed by atoms with Gasteiger partial charge in [0.1, 0.15) is 17.6 Å². The van der Waals surface area contributed by atoms with Crippen LogP contribution in [0.25, 0.3) is 5.65 Å². The van der Waals surface area contributed by atoms with Crippen LogP contribution in [0.4, 0.5) is 26.8 Å². The maximum Gasteiger partial charge on any atom is 0.407 e. The predicted molar refractivity (Wildman–Crippen MR) is 120 cm³/mol. The number of carbonyl (C=O) groups is 1. The first-order valence-electron chi connectivity index (χ1n) is 11.2. The van der Waals surface area contributed by atoms with E-state index < -0.39 is 24.5 Å². The van der Waals surface area contributed by atoms with Crippen molar-refractivity contribution < 1.29 is 23.4 Å². The fraction of sp³-hybridized carbons (Fsp3) is 0.524. The van der Waals surface area contributed by atoms with Crippen molar-refractivity contribution in [3.8, 4) is 0 Å². The summed E-state index contributed by atoms with van der Waals surface area (Å²) in [4.78, 5) is 23.1. The van der Waals surface area contributed by atoms with Crippen LogP contribution in [0.2, 0.25) is 0 Å². The summed E-state index contributed by atoms with van der Waals surface area (Å²) in [5.41, 5.74) is 1.16. The Balaban J connectivity index is 1.30. The highest BCUT2D eigenvalue weighted by Crippen LogP contribution is 2.33. The van der Waals surface area contributed by atoms with Crippen molar-refractivity contribution in [2.45, 2.75) is 38.3 Å². The van der Waals surface area contributed by atoms with E-state index in [1.54, 1.807) is 36.7 Å². The molecule has 12 nitrogen and oxygen atoms in total. The fourth-order valence-electron chi connectivity index (χ4n) is 3.96. The lowest BCUT2D eigenvalue weighted by molar-refractivity contribution is 0.0615. The highest BCUT2D eigenvalue weighted by molar-refractivity contribution is 5.67. The number of nitrogens with zero attached hydrogens (tertiary/aromatic N) is 5. The molecule has 0 aromatic carbocycles. The third kappa shape index (κ3) is 4.61. The molecule has 5 heterocycles. The quantitative estimate of drug-likeness (QED) is 0.490. The topological polar surface area (TPSA) is 131 Å². The van der Waals surface area contributed by atoms with Gasteiger partial charge in [-0.25, -0.2) is 14.2 Å². The molecular weight excluding hydrogens is 447 g/mol. The van der Waals surface area contributed by atoms with Crippen molar-refractivity contribution in [1.82, 2.24) is 29.9 Å². The molecule has 1 amide bonds. The zero-order valence-corrected chi connectivity index (χ0v) is 18.9. The highest BCUT2D eigenvalue weighted by atomic mass is 19.1. The number of imidazole rings is 1. The Kier molecular flexibility index (Phi) is 6.20. The van der Waals surface area contributed by atoms with E-state index >= 15 is 0 Å². The van der Waals surface area contributed by atoms with Gasteiger partial charge in [0.15, 0.2) is 18.1 Å². The molecule has 0 unspecified atom stereocenters. The molecule has 2 aliphatic rings. The van der Waals surface area contributed by atoms with Crippen molar-refractivity contribution in [3.63, 3.8) is 0 Å². The number of aromatic nitrogens is 5. The summed E-state index contributed by atoms with van der Waals surface area (Å²) in [5.74, 6) is 1.74. The summed E-state index contributed by atoms with van der Waals surface area (Å²) in [7, 11) is 0. The molecule has 0 radical (unpaired) electrons. The number of anilines is 3. The standard InChI is InChI=1S/C21H27FN8O4/c1-12(2)24-21(31)34-14-11-33-19(18(14)22)13-9-15(28-27-13)25-20-26-17(29-5-7-32-8-6-29)10-16-23-3-4-30(16)20/h3-4,9-10,12,14,18-19H,5-8,11H2,1-2H3,(H,24,31)(H2,25,26,27,28)/t14-,18+,19-/m0/s1. The number of carbonyl (C=O) groups excluding carboxylic acids is 1. The predicted octanol–water partition coefficient (Wildman–Crippen LogP) is 1.95. The third-order valence-corrected chi connectivity index (χ3v) is 5.60. The number of morpholine rings is 1. The molecule has 3 aromatic rings. The van der Waals surface area contributed by atoms with Gasteiger partial charge in [0.2, 0.25) is 5.95 Å². The average molecular weight is 474 g/mol. The number of aromatic amines is 1. The summed E-state index contributed by atoms with van der Waals surface area (Å²) in [6.07, 6.45) is -0.648. The molecule has 3 atom stereocenters. The molecular formula is C21H27FN8O4. The van der Waals surface area contributed by atoms with E-state index in [9.17, 15) is 9.18 Å².